The van der Waals surface area contributed by atoms with Gasteiger partial charge in [-0.3, -0.25) is 4.79 Å². The summed E-state index contributed by atoms with van der Waals surface area (Å²) < 4.78 is 10.7. The average Bonchev–Trinajstić information content (AvgIpc) is 2.61. The Hall–Kier alpha value is -2.29. The highest BCUT2D eigenvalue weighted by molar-refractivity contribution is 5.75. The number of hydrogen-bond donors (Lipinski definition) is 0. The first-order valence-electron chi connectivity index (χ1n) is 8.13. The summed E-state index contributed by atoms with van der Waals surface area (Å²) in [6.45, 7) is 2.27. The van der Waals surface area contributed by atoms with Crippen LogP contribution >= 0.6 is 0 Å². The fraction of sp³-hybridized carbons (Fsp3) is 0.350. The van der Waals surface area contributed by atoms with Crippen LogP contribution in [0.2, 0.25) is 0 Å². The molecule has 1 aliphatic carbocycles. The second kappa shape index (κ2) is 6.86. The van der Waals surface area contributed by atoms with Crippen molar-refractivity contribution in [3.8, 4) is 5.75 Å². The molecule has 0 radical (unpaired) electrons. The summed E-state index contributed by atoms with van der Waals surface area (Å²) in [4.78, 5) is 12.5. The number of rotatable bonds is 4. The highest BCUT2D eigenvalue weighted by Crippen LogP contribution is 2.42. The standard InChI is InChI=1S/C20H22O3/c1-3-23-20(21)17-12-10-14-9-11-16(22-2)13-18(14)19(17)15-7-5-4-6-8-15/h4-9,11,13,17,19H,3,10,12H2,1-2H3/t17-,19-/m1/s1. The minimum atomic E-state index is -0.142. The fourth-order valence-electron chi connectivity index (χ4n) is 3.49. The first-order valence-corrected chi connectivity index (χ1v) is 8.13. The zero-order chi connectivity index (χ0) is 16.2. The molecule has 0 fully saturated rings. The molecule has 0 saturated carbocycles. The van der Waals surface area contributed by atoms with E-state index in [0.29, 0.717) is 6.61 Å². The molecule has 0 unspecified atom stereocenters. The topological polar surface area (TPSA) is 35.5 Å². The van der Waals surface area contributed by atoms with Crippen molar-refractivity contribution in [1.29, 1.82) is 0 Å². The van der Waals surface area contributed by atoms with E-state index < -0.39 is 0 Å². The minimum absolute atomic E-state index is 0.0223. The molecule has 1 aliphatic rings. The second-order valence-electron chi connectivity index (χ2n) is 5.85. The van der Waals surface area contributed by atoms with E-state index in [-0.39, 0.29) is 17.8 Å². The Kier molecular flexibility index (Phi) is 4.65. The van der Waals surface area contributed by atoms with Crippen LogP contribution in [0.25, 0.3) is 0 Å². The molecule has 3 rings (SSSR count). The number of methoxy groups -OCH3 is 1. The second-order valence-corrected chi connectivity index (χ2v) is 5.85. The first-order chi connectivity index (χ1) is 11.2. The molecule has 3 nitrogen and oxygen atoms in total. The third kappa shape index (κ3) is 3.09. The summed E-state index contributed by atoms with van der Waals surface area (Å²) in [5.41, 5.74) is 3.62. The van der Waals surface area contributed by atoms with Gasteiger partial charge in [-0.25, -0.2) is 0 Å². The van der Waals surface area contributed by atoms with Gasteiger partial charge in [-0.2, -0.15) is 0 Å². The zero-order valence-electron chi connectivity index (χ0n) is 13.6. The monoisotopic (exact) mass is 310 g/mol. The van der Waals surface area contributed by atoms with Crippen molar-refractivity contribution in [2.75, 3.05) is 13.7 Å². The van der Waals surface area contributed by atoms with E-state index in [1.54, 1.807) is 7.11 Å². The zero-order valence-corrected chi connectivity index (χ0v) is 13.6. The maximum Gasteiger partial charge on any atom is 0.309 e. The van der Waals surface area contributed by atoms with Crippen LogP contribution in [0.1, 0.15) is 36.0 Å². The number of ether oxygens (including phenoxy) is 2. The molecular weight excluding hydrogens is 288 g/mol. The predicted octanol–water partition coefficient (Wildman–Crippen LogP) is 3.95. The summed E-state index contributed by atoms with van der Waals surface area (Å²) in [6, 6.07) is 16.4. The lowest BCUT2D eigenvalue weighted by Gasteiger charge is -2.33. The Morgan fingerprint density at radius 1 is 1.17 bits per heavy atom. The summed E-state index contributed by atoms with van der Waals surface area (Å²) in [5.74, 6) is 0.607. The van der Waals surface area contributed by atoms with Gasteiger partial charge in [0.25, 0.3) is 0 Å². The van der Waals surface area contributed by atoms with E-state index >= 15 is 0 Å². The van der Waals surface area contributed by atoms with Crippen molar-refractivity contribution in [2.24, 2.45) is 5.92 Å². The lowest BCUT2D eigenvalue weighted by atomic mass is 9.72. The average molecular weight is 310 g/mol. The molecule has 2 aromatic rings. The Bertz CT molecular complexity index is 679. The molecule has 2 atom stereocenters. The largest absolute Gasteiger partial charge is 0.497 e. The maximum absolute atomic E-state index is 12.5. The summed E-state index contributed by atoms with van der Waals surface area (Å²) in [5, 5.41) is 0. The van der Waals surface area contributed by atoms with E-state index in [2.05, 4.69) is 24.3 Å². The van der Waals surface area contributed by atoms with Crippen LogP contribution in [-0.2, 0) is 16.0 Å². The van der Waals surface area contributed by atoms with Crippen LogP contribution in [0, 0.1) is 5.92 Å². The number of carbonyl (C=O) groups is 1. The van der Waals surface area contributed by atoms with Gasteiger partial charge < -0.3 is 9.47 Å². The Labute approximate surface area is 137 Å². The minimum Gasteiger partial charge on any atom is -0.497 e. The van der Waals surface area contributed by atoms with Crippen molar-refractivity contribution in [2.45, 2.75) is 25.7 Å². The lowest BCUT2D eigenvalue weighted by Crippen LogP contribution is -2.30. The molecule has 23 heavy (non-hydrogen) atoms. The Morgan fingerprint density at radius 2 is 1.96 bits per heavy atom. The van der Waals surface area contributed by atoms with Gasteiger partial charge in [0.15, 0.2) is 0 Å². The predicted molar refractivity (Wildman–Crippen MR) is 89.7 cm³/mol. The van der Waals surface area contributed by atoms with Gasteiger partial charge in [0.05, 0.1) is 19.6 Å². The van der Waals surface area contributed by atoms with Crippen LogP contribution in [-0.4, -0.2) is 19.7 Å². The van der Waals surface area contributed by atoms with E-state index in [0.717, 1.165) is 24.2 Å². The number of carbonyl (C=O) groups excluding carboxylic acids is 1. The summed E-state index contributed by atoms with van der Waals surface area (Å²) >= 11 is 0. The van der Waals surface area contributed by atoms with Gasteiger partial charge in [0.1, 0.15) is 5.75 Å². The molecule has 0 spiro atoms. The number of benzene rings is 2. The molecule has 2 aromatic carbocycles. The molecule has 0 aliphatic heterocycles. The molecule has 120 valence electrons. The third-order valence-electron chi connectivity index (χ3n) is 4.56. The SMILES string of the molecule is CCOC(=O)[C@@H]1CCc2ccc(OC)cc2[C@@H]1c1ccccc1. The van der Waals surface area contributed by atoms with Crippen LogP contribution in [0.15, 0.2) is 48.5 Å². The third-order valence-corrected chi connectivity index (χ3v) is 4.56. The number of esters is 1. The molecule has 0 aromatic heterocycles. The highest BCUT2D eigenvalue weighted by atomic mass is 16.5. The number of hydrogen-bond acceptors (Lipinski definition) is 3. The van der Waals surface area contributed by atoms with Gasteiger partial charge >= 0.3 is 5.97 Å². The van der Waals surface area contributed by atoms with Crippen LogP contribution in [0.3, 0.4) is 0 Å². The highest BCUT2D eigenvalue weighted by Gasteiger charge is 2.36. The van der Waals surface area contributed by atoms with Crippen LogP contribution in [0.4, 0.5) is 0 Å². The molecule has 0 bridgehead atoms. The Balaban J connectivity index is 2.08. The van der Waals surface area contributed by atoms with Gasteiger partial charge in [-0.05, 0) is 48.6 Å². The van der Waals surface area contributed by atoms with Crippen molar-refractivity contribution < 1.29 is 14.3 Å². The molecule has 0 saturated heterocycles. The van der Waals surface area contributed by atoms with E-state index in [1.165, 1.54) is 11.1 Å². The van der Waals surface area contributed by atoms with Gasteiger partial charge in [0.2, 0.25) is 0 Å². The quantitative estimate of drug-likeness (QED) is 0.802. The molecule has 0 heterocycles. The smallest absolute Gasteiger partial charge is 0.309 e. The number of aryl methyl sites for hydroxylation is 1. The van der Waals surface area contributed by atoms with E-state index in [9.17, 15) is 4.79 Å². The maximum atomic E-state index is 12.5. The summed E-state index contributed by atoms with van der Waals surface area (Å²) in [7, 11) is 1.67. The fourth-order valence-corrected chi connectivity index (χ4v) is 3.49. The van der Waals surface area contributed by atoms with Crippen molar-refractivity contribution in [3.63, 3.8) is 0 Å². The van der Waals surface area contributed by atoms with Crippen molar-refractivity contribution in [1.82, 2.24) is 0 Å². The van der Waals surface area contributed by atoms with E-state index in [4.69, 9.17) is 9.47 Å². The molecule has 3 heteroatoms. The van der Waals surface area contributed by atoms with Gasteiger partial charge in [-0.15, -0.1) is 0 Å². The lowest BCUT2D eigenvalue weighted by molar-refractivity contribution is -0.149. The van der Waals surface area contributed by atoms with E-state index in [1.807, 2.05) is 31.2 Å². The normalized spacial score (nSPS) is 19.7. The van der Waals surface area contributed by atoms with Crippen molar-refractivity contribution >= 4 is 5.97 Å². The van der Waals surface area contributed by atoms with Gasteiger partial charge in [-0.1, -0.05) is 36.4 Å². The first kappa shape index (κ1) is 15.6. The number of fused-ring (bicyclic) bond motifs is 1. The molecule has 0 N–H and O–H groups in total. The van der Waals surface area contributed by atoms with Crippen LogP contribution < -0.4 is 4.74 Å². The molecule has 0 amide bonds. The van der Waals surface area contributed by atoms with Gasteiger partial charge in [0, 0.05) is 5.92 Å². The van der Waals surface area contributed by atoms with Crippen molar-refractivity contribution in [3.05, 3.63) is 65.2 Å². The Morgan fingerprint density at radius 3 is 2.65 bits per heavy atom. The summed E-state index contributed by atoms with van der Waals surface area (Å²) in [6.07, 6.45) is 1.71. The molecular formula is C20H22O3. The van der Waals surface area contributed by atoms with Crippen LogP contribution in [0.5, 0.6) is 5.75 Å².